The van der Waals surface area contributed by atoms with Crippen molar-refractivity contribution in [2.24, 2.45) is 23.7 Å². The van der Waals surface area contributed by atoms with Gasteiger partial charge in [-0.2, -0.15) is 0 Å². The van der Waals surface area contributed by atoms with Crippen molar-refractivity contribution in [1.82, 2.24) is 15.5 Å². The zero-order chi connectivity index (χ0) is 16.9. The number of piperidine rings is 2. The van der Waals surface area contributed by atoms with Crippen LogP contribution in [0.5, 0.6) is 0 Å². The van der Waals surface area contributed by atoms with Gasteiger partial charge in [0.2, 0.25) is 11.8 Å². The Labute approximate surface area is 145 Å². The van der Waals surface area contributed by atoms with E-state index in [9.17, 15) is 9.59 Å². The largest absolute Gasteiger partial charge is 0.356 e. The highest BCUT2D eigenvalue weighted by molar-refractivity contribution is 5.81. The van der Waals surface area contributed by atoms with E-state index in [-0.39, 0.29) is 17.7 Å². The molecule has 0 radical (unpaired) electrons. The molecule has 2 aliphatic heterocycles. The van der Waals surface area contributed by atoms with Gasteiger partial charge in [0.1, 0.15) is 0 Å². The van der Waals surface area contributed by atoms with Crippen LogP contribution in [0.4, 0.5) is 0 Å². The van der Waals surface area contributed by atoms with Crippen LogP contribution in [-0.4, -0.2) is 49.4 Å². The van der Waals surface area contributed by atoms with Crippen LogP contribution in [0.25, 0.3) is 0 Å². The average molecular weight is 335 g/mol. The average Bonchev–Trinajstić information content (AvgIpc) is 3.45. The number of rotatable bonds is 6. The van der Waals surface area contributed by atoms with E-state index in [1.807, 2.05) is 4.90 Å². The first kappa shape index (κ1) is 17.7. The smallest absolute Gasteiger partial charge is 0.224 e. The highest BCUT2D eigenvalue weighted by Crippen LogP contribution is 2.28. The second-order valence-electron chi connectivity index (χ2n) is 8.16. The maximum Gasteiger partial charge on any atom is 0.224 e. The molecule has 5 nitrogen and oxygen atoms in total. The topological polar surface area (TPSA) is 61.4 Å². The Morgan fingerprint density at radius 3 is 2.75 bits per heavy atom. The van der Waals surface area contributed by atoms with Crippen LogP contribution in [0.3, 0.4) is 0 Å². The molecule has 3 atom stereocenters. The maximum absolute atomic E-state index is 12.7. The molecular weight excluding hydrogens is 302 g/mol. The number of amides is 2. The Balaban J connectivity index is 1.44. The summed E-state index contributed by atoms with van der Waals surface area (Å²) in [6, 6.07) is 0. The van der Waals surface area contributed by atoms with Crippen LogP contribution in [-0.2, 0) is 9.59 Å². The summed E-state index contributed by atoms with van der Waals surface area (Å²) in [5.41, 5.74) is 0. The van der Waals surface area contributed by atoms with Crippen molar-refractivity contribution in [3.63, 3.8) is 0 Å². The van der Waals surface area contributed by atoms with E-state index >= 15 is 0 Å². The molecule has 0 bridgehead atoms. The number of nitrogens with one attached hydrogen (secondary N) is 2. The molecule has 2 saturated heterocycles. The second-order valence-corrected chi connectivity index (χ2v) is 8.16. The highest BCUT2D eigenvalue weighted by Gasteiger charge is 2.31. The van der Waals surface area contributed by atoms with Gasteiger partial charge in [0.15, 0.2) is 0 Å². The molecule has 3 rings (SSSR count). The fraction of sp³-hybridized carbons (Fsp3) is 0.895. The van der Waals surface area contributed by atoms with Crippen LogP contribution in [0, 0.1) is 23.7 Å². The lowest BCUT2D eigenvalue weighted by Gasteiger charge is -2.34. The van der Waals surface area contributed by atoms with Crippen molar-refractivity contribution >= 4 is 11.8 Å². The molecule has 1 saturated carbocycles. The highest BCUT2D eigenvalue weighted by atomic mass is 16.2. The molecule has 2 amide bonds. The first-order chi connectivity index (χ1) is 11.6. The van der Waals surface area contributed by atoms with E-state index in [1.54, 1.807) is 0 Å². The standard InChI is InChI=1S/C19H33N3O2/c1-14(16-4-2-8-20-12-16)10-18(23)22-9-3-5-17(13-22)19(24)21-11-15-6-7-15/h14-17,20H,2-13H2,1H3,(H,21,24). The Hall–Kier alpha value is -1.10. The van der Waals surface area contributed by atoms with Crippen LogP contribution in [0.1, 0.15) is 51.9 Å². The van der Waals surface area contributed by atoms with Crippen molar-refractivity contribution in [3.05, 3.63) is 0 Å². The number of likely N-dealkylation sites (tertiary alicyclic amines) is 1. The Morgan fingerprint density at radius 1 is 1.21 bits per heavy atom. The van der Waals surface area contributed by atoms with Crippen molar-refractivity contribution in [2.75, 3.05) is 32.7 Å². The molecule has 0 aromatic carbocycles. The van der Waals surface area contributed by atoms with Crippen LogP contribution in [0.2, 0.25) is 0 Å². The molecule has 5 heteroatoms. The summed E-state index contributed by atoms with van der Waals surface area (Å²) in [4.78, 5) is 26.9. The maximum atomic E-state index is 12.7. The Bertz CT molecular complexity index is 444. The summed E-state index contributed by atoms with van der Waals surface area (Å²) in [5, 5.41) is 6.52. The minimum absolute atomic E-state index is 0.00639. The fourth-order valence-electron chi connectivity index (χ4n) is 4.06. The van der Waals surface area contributed by atoms with Gasteiger partial charge in [-0.3, -0.25) is 9.59 Å². The van der Waals surface area contributed by atoms with Crippen molar-refractivity contribution in [2.45, 2.75) is 51.9 Å². The van der Waals surface area contributed by atoms with Crippen molar-refractivity contribution < 1.29 is 9.59 Å². The first-order valence-electron chi connectivity index (χ1n) is 9.89. The van der Waals surface area contributed by atoms with Gasteiger partial charge in [-0.05, 0) is 69.4 Å². The predicted molar refractivity (Wildman–Crippen MR) is 94.4 cm³/mol. The zero-order valence-electron chi connectivity index (χ0n) is 15.1. The molecule has 3 aliphatic rings. The molecule has 24 heavy (non-hydrogen) atoms. The number of carbonyl (C=O) groups excluding carboxylic acids is 2. The Kier molecular flexibility index (Phi) is 6.14. The van der Waals surface area contributed by atoms with Crippen LogP contribution < -0.4 is 10.6 Å². The number of nitrogens with zero attached hydrogens (tertiary/aromatic N) is 1. The fourth-order valence-corrected chi connectivity index (χ4v) is 4.06. The first-order valence-corrected chi connectivity index (χ1v) is 9.89. The minimum atomic E-state index is -0.00639. The van der Waals surface area contributed by atoms with Gasteiger partial charge in [0.25, 0.3) is 0 Å². The molecule has 3 fully saturated rings. The van der Waals surface area contributed by atoms with Gasteiger partial charge < -0.3 is 15.5 Å². The third-order valence-corrected chi connectivity index (χ3v) is 6.04. The lowest BCUT2D eigenvalue weighted by atomic mass is 9.85. The normalized spacial score (nSPS) is 29.1. The quantitative estimate of drug-likeness (QED) is 0.778. The van der Waals surface area contributed by atoms with E-state index in [0.717, 1.165) is 39.0 Å². The molecule has 3 unspecified atom stereocenters. The van der Waals surface area contributed by atoms with Crippen LogP contribution in [0.15, 0.2) is 0 Å². The third kappa shape index (κ3) is 4.95. The lowest BCUT2D eigenvalue weighted by molar-refractivity contribution is -0.136. The summed E-state index contributed by atoms with van der Waals surface area (Å²) in [6.45, 7) is 6.63. The van der Waals surface area contributed by atoms with Gasteiger partial charge in [-0.1, -0.05) is 6.92 Å². The molecule has 136 valence electrons. The van der Waals surface area contributed by atoms with Gasteiger partial charge in [0, 0.05) is 26.1 Å². The number of hydrogen-bond acceptors (Lipinski definition) is 3. The van der Waals surface area contributed by atoms with E-state index in [0.29, 0.717) is 30.7 Å². The number of carbonyl (C=O) groups is 2. The molecule has 0 spiro atoms. The van der Waals surface area contributed by atoms with Crippen molar-refractivity contribution in [3.8, 4) is 0 Å². The van der Waals surface area contributed by atoms with E-state index in [1.165, 1.54) is 25.7 Å². The molecule has 2 N–H and O–H groups in total. The van der Waals surface area contributed by atoms with Gasteiger partial charge in [-0.25, -0.2) is 0 Å². The van der Waals surface area contributed by atoms with Crippen molar-refractivity contribution in [1.29, 1.82) is 0 Å². The third-order valence-electron chi connectivity index (χ3n) is 6.04. The molecule has 2 heterocycles. The van der Waals surface area contributed by atoms with Gasteiger partial charge in [0.05, 0.1) is 5.92 Å². The van der Waals surface area contributed by atoms with Gasteiger partial charge in [-0.15, -0.1) is 0 Å². The van der Waals surface area contributed by atoms with E-state index < -0.39 is 0 Å². The summed E-state index contributed by atoms with van der Waals surface area (Å²) in [5.74, 6) is 2.14. The SMILES string of the molecule is CC(CC(=O)N1CCCC(C(=O)NCC2CC2)C1)C1CCCNC1. The lowest BCUT2D eigenvalue weighted by Crippen LogP contribution is -2.46. The summed E-state index contributed by atoms with van der Waals surface area (Å²) in [6.07, 6.45) is 7.45. The monoisotopic (exact) mass is 335 g/mol. The minimum Gasteiger partial charge on any atom is -0.356 e. The summed E-state index contributed by atoms with van der Waals surface area (Å²) >= 11 is 0. The summed E-state index contributed by atoms with van der Waals surface area (Å²) in [7, 11) is 0. The van der Waals surface area contributed by atoms with E-state index in [4.69, 9.17) is 0 Å². The predicted octanol–water partition coefficient (Wildman–Crippen LogP) is 1.78. The Morgan fingerprint density at radius 2 is 2.04 bits per heavy atom. The summed E-state index contributed by atoms with van der Waals surface area (Å²) < 4.78 is 0. The number of hydrogen-bond donors (Lipinski definition) is 2. The zero-order valence-corrected chi connectivity index (χ0v) is 15.1. The van der Waals surface area contributed by atoms with Gasteiger partial charge >= 0.3 is 0 Å². The van der Waals surface area contributed by atoms with E-state index in [2.05, 4.69) is 17.6 Å². The molecule has 0 aromatic rings. The van der Waals surface area contributed by atoms with Crippen LogP contribution >= 0.6 is 0 Å². The second kappa shape index (κ2) is 8.32. The molecule has 1 aliphatic carbocycles. The molecular formula is C19H33N3O2. The molecule has 0 aromatic heterocycles.